The standard InChI is InChI=1S/C20H27NO3/c1-8-3-19-6-10-15-18(2)4-9(22)5-20(15)16(19)14(24)11(8)13(23)12(19)17(20)21(10)7-18/h9-17,22-24H,1,3-7H2,2H3/t9-,10-,11-,12+,13+,14+,15+,16+,17+,18-,19-,20-/m0/s1. The molecule has 0 radical (unpaired) electrons. The van der Waals surface area contributed by atoms with E-state index in [1.807, 2.05) is 0 Å². The Labute approximate surface area is 142 Å². The molecule has 3 N–H and O–H groups in total. The molecule has 9 fully saturated rings. The first kappa shape index (κ1) is 13.7. The van der Waals surface area contributed by atoms with Crippen LogP contribution in [0.5, 0.6) is 0 Å². The molecule has 0 aromatic heterocycles. The monoisotopic (exact) mass is 329 g/mol. The molecule has 9 aliphatic rings. The molecule has 130 valence electrons. The van der Waals surface area contributed by atoms with Gasteiger partial charge in [-0.05, 0) is 53.8 Å². The van der Waals surface area contributed by atoms with Gasteiger partial charge in [0.25, 0.3) is 0 Å². The number of rotatable bonds is 0. The highest BCUT2D eigenvalue weighted by Gasteiger charge is 2.90. The quantitative estimate of drug-likeness (QED) is 0.574. The Morgan fingerprint density at radius 2 is 1.88 bits per heavy atom. The van der Waals surface area contributed by atoms with Gasteiger partial charge in [0, 0.05) is 30.5 Å². The molecule has 0 aromatic carbocycles. The topological polar surface area (TPSA) is 63.9 Å². The second-order valence-electron chi connectivity index (χ2n) is 10.8. The van der Waals surface area contributed by atoms with Gasteiger partial charge in [0.1, 0.15) is 0 Å². The zero-order chi connectivity index (χ0) is 16.4. The van der Waals surface area contributed by atoms with Crippen LogP contribution in [0.25, 0.3) is 0 Å². The summed E-state index contributed by atoms with van der Waals surface area (Å²) in [6.07, 6.45) is 2.76. The lowest BCUT2D eigenvalue weighted by molar-refractivity contribution is -0.213. The van der Waals surface area contributed by atoms with Crippen molar-refractivity contribution in [2.75, 3.05) is 6.54 Å². The van der Waals surface area contributed by atoms with E-state index in [2.05, 4.69) is 18.4 Å². The minimum absolute atomic E-state index is 0.0358. The van der Waals surface area contributed by atoms with Gasteiger partial charge in [-0.3, -0.25) is 4.90 Å². The molecule has 0 amide bonds. The van der Waals surface area contributed by atoms with Crippen LogP contribution in [0.15, 0.2) is 12.2 Å². The van der Waals surface area contributed by atoms with E-state index < -0.39 is 12.2 Å². The van der Waals surface area contributed by atoms with E-state index in [0.29, 0.717) is 18.0 Å². The van der Waals surface area contributed by atoms with Crippen molar-refractivity contribution < 1.29 is 15.3 Å². The Balaban J connectivity index is 1.54. The van der Waals surface area contributed by atoms with Gasteiger partial charge in [-0.25, -0.2) is 0 Å². The lowest BCUT2D eigenvalue weighted by Gasteiger charge is -2.65. The van der Waals surface area contributed by atoms with Crippen LogP contribution in [0.1, 0.15) is 32.6 Å². The number of hydrogen-bond acceptors (Lipinski definition) is 4. The summed E-state index contributed by atoms with van der Waals surface area (Å²) in [5, 5.41) is 33.3. The second-order valence-corrected chi connectivity index (χ2v) is 10.8. The van der Waals surface area contributed by atoms with E-state index in [1.54, 1.807) is 0 Å². The summed E-state index contributed by atoms with van der Waals surface area (Å²) in [5.74, 6) is 1.02. The normalized spacial score (nSPS) is 76.1. The van der Waals surface area contributed by atoms with Gasteiger partial charge < -0.3 is 15.3 Å². The summed E-state index contributed by atoms with van der Waals surface area (Å²) in [6.45, 7) is 7.72. The number of fused-ring (bicyclic) bond motifs is 1. The van der Waals surface area contributed by atoms with Crippen LogP contribution in [0.2, 0.25) is 0 Å². The van der Waals surface area contributed by atoms with Crippen LogP contribution < -0.4 is 0 Å². The van der Waals surface area contributed by atoms with Gasteiger partial charge >= 0.3 is 0 Å². The van der Waals surface area contributed by atoms with E-state index in [1.165, 1.54) is 0 Å². The highest BCUT2D eigenvalue weighted by atomic mass is 16.3. The summed E-state index contributed by atoms with van der Waals surface area (Å²) in [4.78, 5) is 2.73. The summed E-state index contributed by atoms with van der Waals surface area (Å²) in [7, 11) is 0. The van der Waals surface area contributed by atoms with Crippen molar-refractivity contribution in [1.82, 2.24) is 4.90 Å². The molecule has 3 saturated heterocycles. The molecule has 3 aliphatic heterocycles. The van der Waals surface area contributed by atoms with E-state index in [9.17, 15) is 15.3 Å². The molecular formula is C20H27NO3. The molecule has 6 aliphatic carbocycles. The molecule has 4 heteroatoms. The van der Waals surface area contributed by atoms with Crippen LogP contribution in [0.3, 0.4) is 0 Å². The van der Waals surface area contributed by atoms with E-state index in [0.717, 1.165) is 37.8 Å². The SMILES string of the molecule is C=C1C[C@@]23C[C@H]4[C@@H]5[C@@]6(C)C[C@H](O)C[C@@]57[C@@H]2[C@H](O)[C@@H]1[C@@H](O)[C@@H]3[C@H]7N4C6. The average Bonchev–Trinajstić information content (AvgIpc) is 2.88. The van der Waals surface area contributed by atoms with Crippen LogP contribution >= 0.6 is 0 Å². The molecule has 1 unspecified atom stereocenters. The second kappa shape index (κ2) is 3.40. The van der Waals surface area contributed by atoms with Crippen molar-refractivity contribution in [1.29, 1.82) is 0 Å². The van der Waals surface area contributed by atoms with E-state index in [4.69, 9.17) is 0 Å². The van der Waals surface area contributed by atoms with Crippen LogP contribution in [-0.2, 0) is 0 Å². The van der Waals surface area contributed by atoms with Crippen LogP contribution in [-0.4, -0.2) is 57.2 Å². The molecule has 9 rings (SSSR count). The molecular weight excluding hydrogens is 302 g/mol. The molecule has 9 bridgehead atoms. The lowest BCUT2D eigenvalue weighted by Crippen LogP contribution is -2.67. The Hall–Kier alpha value is -0.420. The van der Waals surface area contributed by atoms with Crippen molar-refractivity contribution >= 4 is 0 Å². The maximum Gasteiger partial charge on any atom is 0.0679 e. The third-order valence-corrected chi connectivity index (χ3v) is 10.1. The summed E-state index contributed by atoms with van der Waals surface area (Å²) < 4.78 is 0. The molecule has 13 atom stereocenters. The first-order valence-electron chi connectivity index (χ1n) is 9.83. The highest BCUT2D eigenvalue weighted by Crippen LogP contribution is 2.86. The first-order valence-corrected chi connectivity index (χ1v) is 9.83. The Morgan fingerprint density at radius 3 is 2.67 bits per heavy atom. The van der Waals surface area contributed by atoms with Crippen LogP contribution in [0.4, 0.5) is 0 Å². The summed E-state index contributed by atoms with van der Waals surface area (Å²) in [5.41, 5.74) is 1.37. The number of aliphatic hydroxyl groups excluding tert-OH is 3. The third-order valence-electron chi connectivity index (χ3n) is 10.1. The van der Waals surface area contributed by atoms with Crippen molar-refractivity contribution in [2.24, 2.45) is 39.9 Å². The summed E-state index contributed by atoms with van der Waals surface area (Å²) in [6, 6.07) is 0.999. The molecule has 2 spiro atoms. The maximum absolute atomic E-state index is 11.3. The minimum Gasteiger partial charge on any atom is -0.393 e. The zero-order valence-corrected chi connectivity index (χ0v) is 14.2. The number of hydrogen-bond donors (Lipinski definition) is 3. The predicted molar refractivity (Wildman–Crippen MR) is 86.8 cm³/mol. The smallest absolute Gasteiger partial charge is 0.0679 e. The van der Waals surface area contributed by atoms with Gasteiger partial charge in [0.15, 0.2) is 0 Å². The fourth-order valence-electron chi connectivity index (χ4n) is 10.7. The fourth-order valence-corrected chi connectivity index (χ4v) is 10.7. The highest BCUT2D eigenvalue weighted by molar-refractivity contribution is 5.43. The Kier molecular flexibility index (Phi) is 1.95. The number of nitrogens with zero attached hydrogens (tertiary/aromatic N) is 1. The van der Waals surface area contributed by atoms with Crippen LogP contribution in [0, 0.1) is 39.9 Å². The fraction of sp³-hybridized carbons (Fsp3) is 0.900. The number of aliphatic hydroxyl groups is 3. The number of piperidine rings is 2. The zero-order valence-electron chi connectivity index (χ0n) is 14.2. The van der Waals surface area contributed by atoms with Gasteiger partial charge in [0.05, 0.1) is 18.3 Å². The molecule has 6 saturated carbocycles. The predicted octanol–water partition coefficient (Wildman–Crippen LogP) is 0.764. The van der Waals surface area contributed by atoms with E-state index >= 15 is 0 Å². The lowest BCUT2D eigenvalue weighted by atomic mass is 9.39. The molecule has 24 heavy (non-hydrogen) atoms. The third kappa shape index (κ3) is 0.980. The van der Waals surface area contributed by atoms with Gasteiger partial charge in [-0.1, -0.05) is 19.1 Å². The van der Waals surface area contributed by atoms with Crippen molar-refractivity contribution in [3.63, 3.8) is 0 Å². The Morgan fingerprint density at radius 1 is 1.08 bits per heavy atom. The van der Waals surface area contributed by atoms with Gasteiger partial charge in [-0.15, -0.1) is 0 Å². The van der Waals surface area contributed by atoms with E-state index in [-0.39, 0.29) is 40.1 Å². The summed E-state index contributed by atoms with van der Waals surface area (Å²) >= 11 is 0. The van der Waals surface area contributed by atoms with Crippen molar-refractivity contribution in [2.45, 2.75) is 63.0 Å². The van der Waals surface area contributed by atoms with Gasteiger partial charge in [-0.2, -0.15) is 0 Å². The van der Waals surface area contributed by atoms with Gasteiger partial charge in [0.2, 0.25) is 0 Å². The minimum atomic E-state index is -0.460. The molecule has 0 aromatic rings. The maximum atomic E-state index is 11.3. The average molecular weight is 329 g/mol. The largest absolute Gasteiger partial charge is 0.393 e. The first-order chi connectivity index (χ1) is 11.4. The molecule has 3 heterocycles. The van der Waals surface area contributed by atoms with Crippen molar-refractivity contribution in [3.8, 4) is 0 Å². The van der Waals surface area contributed by atoms with Crippen molar-refractivity contribution in [3.05, 3.63) is 12.2 Å². The molecule has 4 nitrogen and oxygen atoms in total. The Bertz CT molecular complexity index is 709.